The summed E-state index contributed by atoms with van der Waals surface area (Å²) < 4.78 is 62.0. The number of carbonyl (C=O) groups is 1. The molecule has 0 aromatic heterocycles. The Morgan fingerprint density at radius 1 is 1.08 bits per heavy atom. The number of amides is 1. The third kappa shape index (κ3) is 6.06. The van der Waals surface area contributed by atoms with Crippen LogP contribution in [0.2, 0.25) is 5.02 Å². The molecule has 0 saturated carbocycles. The predicted molar refractivity (Wildman–Crippen MR) is 89.0 cm³/mol. The molecule has 0 aliphatic rings. The average Bonchev–Trinajstić information content (AvgIpc) is 2.48. The largest absolute Gasteiger partial charge is 0.416 e. The van der Waals surface area contributed by atoms with E-state index in [0.29, 0.717) is 10.6 Å². The monoisotopic (exact) mass is 391 g/mol. The van der Waals surface area contributed by atoms with Gasteiger partial charge in [0.05, 0.1) is 11.3 Å². The molecule has 1 N–H and O–H groups in total. The van der Waals surface area contributed by atoms with E-state index in [0.717, 1.165) is 18.2 Å². The molecule has 0 heterocycles. The zero-order valence-electron chi connectivity index (χ0n) is 12.7. The molecule has 0 bridgehead atoms. The van der Waals surface area contributed by atoms with Crippen LogP contribution < -0.4 is 5.32 Å². The molecule has 0 aliphatic carbocycles. The van der Waals surface area contributed by atoms with Crippen molar-refractivity contribution < 1.29 is 26.4 Å². The van der Waals surface area contributed by atoms with Gasteiger partial charge < -0.3 is 5.32 Å². The Hall–Kier alpha value is -2.06. The highest BCUT2D eigenvalue weighted by molar-refractivity contribution is 7.91. The highest BCUT2D eigenvalue weighted by Gasteiger charge is 2.30. The summed E-state index contributed by atoms with van der Waals surface area (Å²) in [4.78, 5) is 11.8. The molecule has 0 radical (unpaired) electrons. The molecular weight excluding hydrogens is 379 g/mol. The van der Waals surface area contributed by atoms with Crippen molar-refractivity contribution in [1.29, 1.82) is 0 Å². The van der Waals surface area contributed by atoms with Crippen molar-refractivity contribution in [2.24, 2.45) is 0 Å². The first-order chi connectivity index (χ1) is 11.5. The first kappa shape index (κ1) is 19.3. The van der Waals surface area contributed by atoms with Crippen LogP contribution in [0.4, 0.5) is 18.9 Å². The Balaban J connectivity index is 2.03. The second-order valence-corrected chi connectivity index (χ2v) is 7.79. The minimum absolute atomic E-state index is 0.124. The van der Waals surface area contributed by atoms with E-state index < -0.39 is 33.2 Å². The Kier molecular flexibility index (Phi) is 5.74. The molecule has 2 aromatic rings. The van der Waals surface area contributed by atoms with E-state index in [1.54, 1.807) is 0 Å². The molecule has 25 heavy (non-hydrogen) atoms. The van der Waals surface area contributed by atoms with Gasteiger partial charge in [0.25, 0.3) is 0 Å². The number of benzene rings is 2. The van der Waals surface area contributed by atoms with Crippen LogP contribution >= 0.6 is 11.6 Å². The summed E-state index contributed by atoms with van der Waals surface area (Å²) in [5.41, 5.74) is -0.605. The van der Waals surface area contributed by atoms with Crippen LogP contribution in [-0.2, 0) is 26.6 Å². The van der Waals surface area contributed by atoms with Crippen molar-refractivity contribution in [2.75, 3.05) is 11.1 Å². The molecule has 0 unspecified atom stereocenters. The van der Waals surface area contributed by atoms with E-state index in [9.17, 15) is 26.4 Å². The number of rotatable bonds is 5. The first-order valence-electron chi connectivity index (χ1n) is 6.97. The molecule has 134 valence electrons. The Bertz CT molecular complexity index is 865. The molecule has 0 aliphatic heterocycles. The summed E-state index contributed by atoms with van der Waals surface area (Å²) in [6.45, 7) is 0. The van der Waals surface area contributed by atoms with E-state index in [4.69, 9.17) is 11.6 Å². The van der Waals surface area contributed by atoms with Crippen molar-refractivity contribution in [1.82, 2.24) is 0 Å². The van der Waals surface area contributed by atoms with Crippen molar-refractivity contribution >= 4 is 33.0 Å². The second kappa shape index (κ2) is 7.45. The number of halogens is 4. The Labute approximate surface area is 147 Å². The predicted octanol–water partition coefficient (Wildman–Crippen LogP) is 3.91. The summed E-state index contributed by atoms with van der Waals surface area (Å²) in [5.74, 6) is -2.13. The highest BCUT2D eigenvalue weighted by Crippen LogP contribution is 2.30. The van der Waals surface area contributed by atoms with Gasteiger partial charge in [0.2, 0.25) is 5.91 Å². The molecule has 0 atom stereocenters. The van der Waals surface area contributed by atoms with Gasteiger partial charge in [-0.3, -0.25) is 4.79 Å². The summed E-state index contributed by atoms with van der Waals surface area (Å²) in [7, 11) is -3.78. The normalized spacial score (nSPS) is 12.0. The van der Waals surface area contributed by atoms with Crippen LogP contribution in [0, 0.1) is 0 Å². The van der Waals surface area contributed by atoms with Crippen molar-refractivity contribution in [2.45, 2.75) is 11.9 Å². The molecule has 2 aromatic carbocycles. The van der Waals surface area contributed by atoms with E-state index in [1.165, 1.54) is 30.3 Å². The lowest BCUT2D eigenvalue weighted by atomic mass is 10.2. The number of nitrogens with one attached hydrogen (secondary N) is 1. The summed E-state index contributed by atoms with van der Waals surface area (Å²) in [6, 6.07) is 10.1. The van der Waals surface area contributed by atoms with Gasteiger partial charge in [-0.1, -0.05) is 29.8 Å². The van der Waals surface area contributed by atoms with Gasteiger partial charge in [-0.25, -0.2) is 8.42 Å². The fourth-order valence-corrected chi connectivity index (χ4v) is 3.46. The van der Waals surface area contributed by atoms with Crippen molar-refractivity contribution in [3.05, 3.63) is 64.7 Å². The molecule has 1 amide bonds. The molecule has 4 nitrogen and oxygen atoms in total. The van der Waals surface area contributed by atoms with E-state index in [-0.39, 0.29) is 11.4 Å². The lowest BCUT2D eigenvalue weighted by molar-refractivity contribution is -0.137. The molecule has 2 rings (SSSR count). The number of sulfone groups is 1. The van der Waals surface area contributed by atoms with Gasteiger partial charge in [-0.05, 0) is 35.9 Å². The maximum atomic E-state index is 12.6. The highest BCUT2D eigenvalue weighted by atomic mass is 35.5. The molecule has 0 spiro atoms. The third-order valence-electron chi connectivity index (χ3n) is 3.12. The van der Waals surface area contributed by atoms with Crippen LogP contribution in [0.25, 0.3) is 0 Å². The van der Waals surface area contributed by atoms with Gasteiger partial charge in [0.1, 0.15) is 5.75 Å². The van der Waals surface area contributed by atoms with Crippen LogP contribution in [0.1, 0.15) is 11.1 Å². The van der Waals surface area contributed by atoms with Crippen LogP contribution in [0.5, 0.6) is 0 Å². The fraction of sp³-hybridized carbons (Fsp3) is 0.188. The minimum Gasteiger partial charge on any atom is -0.325 e. The number of hydrogen-bond acceptors (Lipinski definition) is 3. The van der Waals surface area contributed by atoms with Gasteiger partial charge in [0.15, 0.2) is 9.84 Å². The smallest absolute Gasteiger partial charge is 0.325 e. The van der Waals surface area contributed by atoms with Crippen LogP contribution in [-0.4, -0.2) is 20.1 Å². The quantitative estimate of drug-likeness (QED) is 0.840. The molecule has 9 heteroatoms. The molecular formula is C16H13ClF3NO3S. The zero-order valence-corrected chi connectivity index (χ0v) is 14.3. The fourth-order valence-electron chi connectivity index (χ4n) is 2.06. The van der Waals surface area contributed by atoms with E-state index >= 15 is 0 Å². The Morgan fingerprint density at radius 3 is 2.32 bits per heavy atom. The summed E-state index contributed by atoms with van der Waals surface area (Å²) >= 11 is 5.71. The van der Waals surface area contributed by atoms with Gasteiger partial charge in [-0.15, -0.1) is 0 Å². The van der Waals surface area contributed by atoms with Gasteiger partial charge >= 0.3 is 6.18 Å². The topological polar surface area (TPSA) is 63.2 Å². The molecule has 0 fully saturated rings. The Morgan fingerprint density at radius 2 is 1.72 bits per heavy atom. The number of carbonyl (C=O) groups excluding carboxylic acids is 1. The maximum Gasteiger partial charge on any atom is 0.416 e. The molecule has 0 saturated heterocycles. The zero-order chi connectivity index (χ0) is 18.7. The van der Waals surface area contributed by atoms with Crippen LogP contribution in [0.15, 0.2) is 48.5 Å². The van der Waals surface area contributed by atoms with Crippen LogP contribution in [0.3, 0.4) is 0 Å². The summed E-state index contributed by atoms with van der Waals surface area (Å²) in [6.07, 6.45) is -4.55. The number of anilines is 1. The van der Waals surface area contributed by atoms with E-state index in [1.807, 2.05) is 0 Å². The number of alkyl halides is 3. The maximum absolute atomic E-state index is 12.6. The van der Waals surface area contributed by atoms with Gasteiger partial charge in [0, 0.05) is 10.7 Å². The van der Waals surface area contributed by atoms with Crippen molar-refractivity contribution in [3.8, 4) is 0 Å². The standard InChI is InChI=1S/C16H13ClF3NO3S/c17-13-6-4-11(5-7-13)9-25(23,24)10-15(22)21-14-3-1-2-12(8-14)16(18,19)20/h1-8H,9-10H2,(H,21,22). The lowest BCUT2D eigenvalue weighted by Gasteiger charge is -2.10. The first-order valence-corrected chi connectivity index (χ1v) is 9.17. The average molecular weight is 392 g/mol. The third-order valence-corrected chi connectivity index (χ3v) is 4.85. The summed E-state index contributed by atoms with van der Waals surface area (Å²) in [5, 5.41) is 2.61. The van der Waals surface area contributed by atoms with Gasteiger partial charge in [-0.2, -0.15) is 13.2 Å². The minimum atomic E-state index is -4.55. The second-order valence-electron chi connectivity index (χ2n) is 5.29. The SMILES string of the molecule is O=C(CS(=O)(=O)Cc1ccc(Cl)cc1)Nc1cccc(C(F)(F)F)c1. The lowest BCUT2D eigenvalue weighted by Crippen LogP contribution is -2.24. The van der Waals surface area contributed by atoms with Crippen molar-refractivity contribution in [3.63, 3.8) is 0 Å². The van der Waals surface area contributed by atoms with E-state index in [2.05, 4.69) is 5.32 Å². The number of hydrogen-bond donors (Lipinski definition) is 1.